The number of alkyl halides is 3. The molecule has 0 heterocycles. The summed E-state index contributed by atoms with van der Waals surface area (Å²) >= 11 is 0. The number of rotatable bonds is 6. The summed E-state index contributed by atoms with van der Waals surface area (Å²) in [6.07, 6.45) is -4.42. The molecule has 7 heteroatoms. The molecule has 1 N–H and O–H groups in total. The van der Waals surface area contributed by atoms with Crippen LogP contribution in [0.25, 0.3) is 0 Å². The highest BCUT2D eigenvalue weighted by Gasteiger charge is 2.48. The smallest absolute Gasteiger partial charge is 0.389 e. The van der Waals surface area contributed by atoms with Crippen molar-refractivity contribution in [3.8, 4) is 0 Å². The lowest BCUT2D eigenvalue weighted by molar-refractivity contribution is -0.160. The van der Waals surface area contributed by atoms with Crippen LogP contribution in [0.2, 0.25) is 0 Å². The average Bonchev–Trinajstić information content (AvgIpc) is 2.98. The molecule has 1 aliphatic rings. The highest BCUT2D eigenvalue weighted by molar-refractivity contribution is 5.86. The van der Waals surface area contributed by atoms with Crippen molar-refractivity contribution in [1.82, 2.24) is 4.90 Å². The fourth-order valence-corrected chi connectivity index (χ4v) is 2.30. The summed E-state index contributed by atoms with van der Waals surface area (Å²) in [7, 11) is 0. The summed E-state index contributed by atoms with van der Waals surface area (Å²) < 4.78 is 36.4. The Balaban J connectivity index is 2.78. The van der Waals surface area contributed by atoms with Crippen LogP contribution in [0.5, 0.6) is 0 Å². The fourth-order valence-electron chi connectivity index (χ4n) is 2.30. The molecule has 0 aliphatic heterocycles. The van der Waals surface area contributed by atoms with Crippen LogP contribution in [0.4, 0.5) is 13.2 Å². The second-order valence-corrected chi connectivity index (χ2v) is 5.17. The number of hydrogen-bond donors (Lipinski definition) is 1. The molecule has 4 nitrogen and oxygen atoms in total. The Morgan fingerprint density at radius 3 is 2.11 bits per heavy atom. The van der Waals surface area contributed by atoms with Crippen molar-refractivity contribution in [2.24, 2.45) is 0 Å². The number of nitrogens with zero attached hydrogens (tertiary/aromatic N) is 1. The Hall–Kier alpha value is -1.27. The summed E-state index contributed by atoms with van der Waals surface area (Å²) in [5.41, 5.74) is -1.56. The predicted molar refractivity (Wildman–Crippen MR) is 61.5 cm³/mol. The van der Waals surface area contributed by atoms with Gasteiger partial charge in [0.1, 0.15) is 5.54 Å². The topological polar surface area (TPSA) is 57.6 Å². The van der Waals surface area contributed by atoms with Crippen molar-refractivity contribution in [3.05, 3.63) is 0 Å². The van der Waals surface area contributed by atoms with Crippen LogP contribution in [-0.2, 0) is 9.59 Å². The number of carboxylic acid groups (broad SMARTS) is 1. The Morgan fingerprint density at radius 1 is 1.26 bits per heavy atom. The summed E-state index contributed by atoms with van der Waals surface area (Å²) in [5.74, 6) is -1.66. The lowest BCUT2D eigenvalue weighted by Crippen LogP contribution is -2.55. The molecule has 0 spiro atoms. The van der Waals surface area contributed by atoms with Crippen molar-refractivity contribution < 1.29 is 27.9 Å². The first-order valence-corrected chi connectivity index (χ1v) is 6.18. The molecule has 0 aromatic carbocycles. The molecule has 1 unspecified atom stereocenters. The monoisotopic (exact) mass is 281 g/mol. The Bertz CT molecular complexity index is 366. The third kappa shape index (κ3) is 4.11. The van der Waals surface area contributed by atoms with Gasteiger partial charge in [0.15, 0.2) is 0 Å². The molecule has 19 heavy (non-hydrogen) atoms. The lowest BCUT2D eigenvalue weighted by atomic mass is 9.92. The summed E-state index contributed by atoms with van der Waals surface area (Å²) in [5, 5.41) is 9.28. The molecular formula is C12H18F3NO3. The molecule has 1 saturated carbocycles. The van der Waals surface area contributed by atoms with Gasteiger partial charge in [0.25, 0.3) is 0 Å². The van der Waals surface area contributed by atoms with Crippen LogP contribution in [0.3, 0.4) is 0 Å². The number of aliphatic carboxylic acids is 1. The van der Waals surface area contributed by atoms with E-state index in [1.165, 1.54) is 18.7 Å². The number of hydrogen-bond acceptors (Lipinski definition) is 2. The van der Waals surface area contributed by atoms with Crippen molar-refractivity contribution >= 4 is 11.9 Å². The number of halogens is 3. The molecule has 1 rings (SSSR count). The summed E-state index contributed by atoms with van der Waals surface area (Å²) in [6.45, 7) is 2.58. The van der Waals surface area contributed by atoms with Crippen molar-refractivity contribution in [1.29, 1.82) is 0 Å². The molecule has 1 aliphatic carbocycles. The number of carboxylic acids is 1. The van der Waals surface area contributed by atoms with E-state index in [1.807, 2.05) is 0 Å². The molecule has 110 valence electrons. The largest absolute Gasteiger partial charge is 0.480 e. The molecule has 0 radical (unpaired) electrons. The highest BCUT2D eigenvalue weighted by Crippen LogP contribution is 2.36. The third-order valence-electron chi connectivity index (χ3n) is 3.37. The SMILES string of the molecule is CC(=O)N(C1CC1)C(C)(CCCC(F)(F)F)C(=O)O. The van der Waals surface area contributed by atoms with Gasteiger partial charge in [0.05, 0.1) is 0 Å². The Labute approximate surface area is 109 Å². The van der Waals surface area contributed by atoms with Crippen LogP contribution in [0.15, 0.2) is 0 Å². The van der Waals surface area contributed by atoms with Gasteiger partial charge in [-0.1, -0.05) is 0 Å². The first-order chi connectivity index (χ1) is 8.58. The van der Waals surface area contributed by atoms with E-state index in [0.717, 1.165) is 0 Å². The van der Waals surface area contributed by atoms with Gasteiger partial charge in [0.2, 0.25) is 5.91 Å². The maximum atomic E-state index is 12.1. The van der Waals surface area contributed by atoms with Crippen molar-refractivity contribution in [3.63, 3.8) is 0 Å². The van der Waals surface area contributed by atoms with E-state index >= 15 is 0 Å². The zero-order valence-electron chi connectivity index (χ0n) is 11.0. The second-order valence-electron chi connectivity index (χ2n) is 5.17. The highest BCUT2D eigenvalue weighted by atomic mass is 19.4. The van der Waals surface area contributed by atoms with Gasteiger partial charge in [-0.25, -0.2) is 4.79 Å². The first-order valence-electron chi connectivity index (χ1n) is 6.18. The average molecular weight is 281 g/mol. The van der Waals surface area contributed by atoms with E-state index in [4.69, 9.17) is 0 Å². The lowest BCUT2D eigenvalue weighted by Gasteiger charge is -2.38. The molecule has 1 amide bonds. The van der Waals surface area contributed by atoms with Gasteiger partial charge in [-0.3, -0.25) is 4.79 Å². The quantitative estimate of drug-likeness (QED) is 0.814. The van der Waals surface area contributed by atoms with E-state index in [1.54, 1.807) is 0 Å². The van der Waals surface area contributed by atoms with Crippen LogP contribution in [0, 0.1) is 0 Å². The summed E-state index contributed by atoms with van der Waals surface area (Å²) in [4.78, 5) is 24.2. The number of amides is 1. The van der Waals surface area contributed by atoms with Crippen LogP contribution >= 0.6 is 0 Å². The van der Waals surface area contributed by atoms with Crippen molar-refractivity contribution in [2.75, 3.05) is 0 Å². The van der Waals surface area contributed by atoms with Crippen molar-refractivity contribution in [2.45, 2.75) is 63.7 Å². The van der Waals surface area contributed by atoms with E-state index < -0.39 is 30.0 Å². The van der Waals surface area contributed by atoms with Gasteiger partial charge in [-0.15, -0.1) is 0 Å². The van der Waals surface area contributed by atoms with Gasteiger partial charge in [-0.2, -0.15) is 13.2 Å². The zero-order chi connectivity index (χ0) is 14.8. The van der Waals surface area contributed by atoms with Crippen LogP contribution < -0.4 is 0 Å². The van der Waals surface area contributed by atoms with E-state index in [2.05, 4.69) is 0 Å². The standard InChI is InChI=1S/C12H18F3NO3/c1-8(17)16(9-4-5-9)11(2,10(18)19)6-3-7-12(13,14)15/h9H,3-7H2,1-2H3,(H,18,19). The third-order valence-corrected chi connectivity index (χ3v) is 3.37. The van der Waals surface area contributed by atoms with E-state index in [0.29, 0.717) is 12.8 Å². The number of carbonyl (C=O) groups is 2. The normalized spacial score (nSPS) is 18.8. The minimum Gasteiger partial charge on any atom is -0.480 e. The molecular weight excluding hydrogens is 263 g/mol. The van der Waals surface area contributed by atoms with Gasteiger partial charge in [0, 0.05) is 19.4 Å². The van der Waals surface area contributed by atoms with Crippen LogP contribution in [-0.4, -0.2) is 39.6 Å². The maximum Gasteiger partial charge on any atom is 0.389 e. The molecule has 1 atom stereocenters. The van der Waals surface area contributed by atoms with Gasteiger partial charge >= 0.3 is 12.1 Å². The zero-order valence-corrected chi connectivity index (χ0v) is 11.0. The maximum absolute atomic E-state index is 12.1. The minimum absolute atomic E-state index is 0.149. The van der Waals surface area contributed by atoms with E-state index in [-0.39, 0.29) is 18.9 Å². The van der Waals surface area contributed by atoms with Gasteiger partial charge in [-0.05, 0) is 32.6 Å². The Kier molecular flexibility index (Phi) is 4.47. The Morgan fingerprint density at radius 2 is 1.79 bits per heavy atom. The fraction of sp³-hybridized carbons (Fsp3) is 0.833. The summed E-state index contributed by atoms with van der Waals surface area (Å²) in [6, 6.07) is -0.149. The molecule has 0 bridgehead atoms. The number of carbonyl (C=O) groups excluding carboxylic acids is 1. The minimum atomic E-state index is -4.31. The molecule has 0 aromatic rings. The predicted octanol–water partition coefficient (Wildman–Crippen LogP) is 2.57. The molecule has 1 fully saturated rings. The first kappa shape index (κ1) is 15.8. The van der Waals surface area contributed by atoms with Gasteiger partial charge < -0.3 is 10.0 Å². The molecule has 0 aromatic heterocycles. The molecule has 0 saturated heterocycles. The van der Waals surface area contributed by atoms with E-state index in [9.17, 15) is 27.9 Å². The van der Waals surface area contributed by atoms with Crippen LogP contribution in [0.1, 0.15) is 46.0 Å². The second kappa shape index (κ2) is 5.38.